The second-order valence-corrected chi connectivity index (χ2v) is 9.12. The summed E-state index contributed by atoms with van der Waals surface area (Å²) in [7, 11) is 3.06. The lowest BCUT2D eigenvalue weighted by Gasteiger charge is -2.35. The third kappa shape index (κ3) is 3.98. The SMILES string of the molecule is Cc1ccc(Cn2c(N3CCN(C(=O)c4ccccc4F)CC3)nc3c2c(=O)n(C)c(=O)n3C)cc1. The van der Waals surface area contributed by atoms with Gasteiger partial charge in [0.05, 0.1) is 12.1 Å². The number of benzene rings is 2. The molecule has 4 aromatic rings. The average Bonchev–Trinajstić information content (AvgIpc) is 3.26. The number of carbonyl (C=O) groups is 1. The Morgan fingerprint density at radius 2 is 1.61 bits per heavy atom. The summed E-state index contributed by atoms with van der Waals surface area (Å²) in [5, 5.41) is 0. The van der Waals surface area contributed by atoms with E-state index in [0.29, 0.717) is 49.8 Å². The molecule has 0 N–H and O–H groups in total. The first-order valence-electron chi connectivity index (χ1n) is 11.8. The standard InChI is InChI=1S/C26H27FN6O3/c1-17-8-10-18(11-9-17)16-33-21-22(29(2)26(36)30(3)24(21)35)28-25(33)32-14-12-31(13-15-32)23(34)19-6-4-5-7-20(19)27/h4-11H,12-16H2,1-3H3. The van der Waals surface area contributed by atoms with Crippen molar-refractivity contribution in [3.8, 4) is 0 Å². The van der Waals surface area contributed by atoms with Gasteiger partial charge in [-0.05, 0) is 24.6 Å². The maximum absolute atomic E-state index is 14.1. The van der Waals surface area contributed by atoms with Crippen LogP contribution in [-0.4, -0.2) is 55.7 Å². The van der Waals surface area contributed by atoms with Gasteiger partial charge in [0.1, 0.15) is 5.82 Å². The average molecular weight is 491 g/mol. The van der Waals surface area contributed by atoms with Gasteiger partial charge in [0, 0.05) is 40.3 Å². The van der Waals surface area contributed by atoms with Crippen molar-refractivity contribution in [1.29, 1.82) is 0 Å². The molecule has 0 bridgehead atoms. The van der Waals surface area contributed by atoms with Gasteiger partial charge in [0.2, 0.25) is 5.95 Å². The zero-order chi connectivity index (χ0) is 25.6. The maximum atomic E-state index is 14.1. The predicted molar refractivity (Wildman–Crippen MR) is 135 cm³/mol. The van der Waals surface area contributed by atoms with Gasteiger partial charge in [0.25, 0.3) is 11.5 Å². The quantitative estimate of drug-likeness (QED) is 0.436. The summed E-state index contributed by atoms with van der Waals surface area (Å²) < 4.78 is 18.5. The highest BCUT2D eigenvalue weighted by Crippen LogP contribution is 2.23. The number of hydrogen-bond acceptors (Lipinski definition) is 5. The molecule has 0 aliphatic carbocycles. The van der Waals surface area contributed by atoms with Gasteiger partial charge >= 0.3 is 5.69 Å². The molecule has 1 fully saturated rings. The van der Waals surface area contributed by atoms with Crippen molar-refractivity contribution in [2.75, 3.05) is 31.1 Å². The largest absolute Gasteiger partial charge is 0.339 e. The van der Waals surface area contributed by atoms with Gasteiger partial charge in [-0.1, -0.05) is 42.0 Å². The fourth-order valence-electron chi connectivity index (χ4n) is 4.62. The number of nitrogens with zero attached hydrogens (tertiary/aromatic N) is 6. The van der Waals surface area contributed by atoms with Crippen LogP contribution in [0.25, 0.3) is 11.2 Å². The van der Waals surface area contributed by atoms with Gasteiger partial charge in [-0.2, -0.15) is 4.98 Å². The zero-order valence-electron chi connectivity index (χ0n) is 20.4. The lowest BCUT2D eigenvalue weighted by molar-refractivity contribution is 0.0741. The van der Waals surface area contributed by atoms with Crippen molar-refractivity contribution in [2.24, 2.45) is 14.1 Å². The van der Waals surface area contributed by atoms with Crippen molar-refractivity contribution >= 4 is 23.0 Å². The van der Waals surface area contributed by atoms with Crippen LogP contribution in [0.2, 0.25) is 0 Å². The van der Waals surface area contributed by atoms with E-state index in [0.717, 1.165) is 15.7 Å². The minimum Gasteiger partial charge on any atom is -0.339 e. The van der Waals surface area contributed by atoms with Crippen molar-refractivity contribution in [3.05, 3.63) is 91.9 Å². The molecule has 5 rings (SSSR count). The Labute approximate surface area is 206 Å². The zero-order valence-corrected chi connectivity index (χ0v) is 20.4. The van der Waals surface area contributed by atoms with E-state index in [1.807, 2.05) is 40.7 Å². The number of rotatable bonds is 4. The van der Waals surface area contributed by atoms with E-state index in [2.05, 4.69) is 0 Å². The summed E-state index contributed by atoms with van der Waals surface area (Å²) >= 11 is 0. The van der Waals surface area contributed by atoms with Crippen LogP contribution in [0.3, 0.4) is 0 Å². The minimum atomic E-state index is -0.540. The molecule has 0 unspecified atom stereocenters. The molecule has 2 aromatic heterocycles. The van der Waals surface area contributed by atoms with Gasteiger partial charge in [-0.25, -0.2) is 9.18 Å². The Bertz CT molecular complexity index is 1580. The molecule has 1 aliphatic heterocycles. The molecule has 1 aliphatic rings. The Morgan fingerprint density at radius 1 is 0.944 bits per heavy atom. The predicted octanol–water partition coefficient (Wildman–Crippen LogP) is 1.89. The summed E-state index contributed by atoms with van der Waals surface area (Å²) in [5.41, 5.74) is 1.98. The number of hydrogen-bond donors (Lipinski definition) is 0. The highest BCUT2D eigenvalue weighted by molar-refractivity contribution is 5.94. The molecule has 36 heavy (non-hydrogen) atoms. The maximum Gasteiger partial charge on any atom is 0.332 e. The van der Waals surface area contributed by atoms with E-state index in [4.69, 9.17) is 4.98 Å². The Morgan fingerprint density at radius 3 is 2.28 bits per heavy atom. The fraction of sp³-hybridized carbons (Fsp3) is 0.308. The lowest BCUT2D eigenvalue weighted by atomic mass is 10.1. The Hall–Kier alpha value is -4.21. The molecular formula is C26H27FN6O3. The van der Waals surface area contributed by atoms with E-state index in [9.17, 15) is 18.8 Å². The molecule has 1 amide bonds. The first-order valence-corrected chi connectivity index (χ1v) is 11.8. The van der Waals surface area contributed by atoms with Crippen molar-refractivity contribution in [2.45, 2.75) is 13.5 Å². The molecule has 2 aromatic carbocycles. The van der Waals surface area contributed by atoms with Crippen molar-refractivity contribution in [3.63, 3.8) is 0 Å². The van der Waals surface area contributed by atoms with Crippen LogP contribution < -0.4 is 16.1 Å². The first kappa shape index (κ1) is 23.5. The Kier molecular flexibility index (Phi) is 5.95. The van der Waals surface area contributed by atoms with E-state index in [1.165, 1.54) is 23.7 Å². The lowest BCUT2D eigenvalue weighted by Crippen LogP contribution is -2.49. The van der Waals surface area contributed by atoms with E-state index >= 15 is 0 Å². The molecule has 3 heterocycles. The molecule has 0 saturated carbocycles. The molecule has 0 radical (unpaired) electrons. The molecule has 0 spiro atoms. The van der Waals surface area contributed by atoms with Gasteiger partial charge < -0.3 is 9.80 Å². The smallest absolute Gasteiger partial charge is 0.332 e. The number of carbonyl (C=O) groups excluding carboxylic acids is 1. The molecule has 0 atom stereocenters. The monoisotopic (exact) mass is 490 g/mol. The van der Waals surface area contributed by atoms with Crippen molar-refractivity contribution < 1.29 is 9.18 Å². The van der Waals surface area contributed by atoms with Gasteiger partial charge in [-0.3, -0.25) is 23.3 Å². The first-order chi connectivity index (χ1) is 17.3. The summed E-state index contributed by atoms with van der Waals surface area (Å²) in [4.78, 5) is 47.0. The summed E-state index contributed by atoms with van der Waals surface area (Å²) in [6.07, 6.45) is 0. The summed E-state index contributed by atoms with van der Waals surface area (Å²) in [6, 6.07) is 14.0. The fourth-order valence-corrected chi connectivity index (χ4v) is 4.62. The molecule has 1 saturated heterocycles. The van der Waals surface area contributed by atoms with Crippen LogP contribution in [0.5, 0.6) is 0 Å². The number of amides is 1. The van der Waals surface area contributed by atoms with Crippen LogP contribution in [0, 0.1) is 12.7 Å². The molecule has 10 heteroatoms. The number of anilines is 1. The molecule has 186 valence electrons. The van der Waals surface area contributed by atoms with Gasteiger partial charge in [-0.15, -0.1) is 0 Å². The number of halogens is 1. The highest BCUT2D eigenvalue weighted by Gasteiger charge is 2.28. The van der Waals surface area contributed by atoms with Crippen LogP contribution >= 0.6 is 0 Å². The molecule has 9 nitrogen and oxygen atoms in total. The number of aryl methyl sites for hydroxylation is 2. The van der Waals surface area contributed by atoms with E-state index < -0.39 is 17.1 Å². The number of fused-ring (bicyclic) bond motifs is 1. The topological polar surface area (TPSA) is 85.4 Å². The second-order valence-electron chi connectivity index (χ2n) is 9.12. The number of aromatic nitrogens is 4. The van der Waals surface area contributed by atoms with Crippen molar-refractivity contribution in [1.82, 2.24) is 23.6 Å². The van der Waals surface area contributed by atoms with E-state index in [-0.39, 0.29) is 11.5 Å². The van der Waals surface area contributed by atoms with Crippen LogP contribution in [0.1, 0.15) is 21.5 Å². The minimum absolute atomic E-state index is 0.0519. The second kappa shape index (κ2) is 9.10. The van der Waals surface area contributed by atoms with Crippen LogP contribution in [0.15, 0.2) is 58.1 Å². The highest BCUT2D eigenvalue weighted by atomic mass is 19.1. The summed E-state index contributed by atoms with van der Waals surface area (Å²) in [5.74, 6) is -0.333. The molecular weight excluding hydrogens is 463 g/mol. The summed E-state index contributed by atoms with van der Waals surface area (Å²) in [6.45, 7) is 4.05. The number of imidazole rings is 1. The van der Waals surface area contributed by atoms with Crippen LogP contribution in [-0.2, 0) is 20.6 Å². The van der Waals surface area contributed by atoms with Gasteiger partial charge in [0.15, 0.2) is 11.2 Å². The third-order valence-corrected chi connectivity index (χ3v) is 6.74. The Balaban J connectivity index is 1.51. The van der Waals surface area contributed by atoms with E-state index in [1.54, 1.807) is 24.1 Å². The van der Waals surface area contributed by atoms with Crippen LogP contribution in [0.4, 0.5) is 10.3 Å². The normalized spacial score (nSPS) is 14.0. The third-order valence-electron chi connectivity index (χ3n) is 6.74. The number of piperazine rings is 1.